The average molecular weight is 625 g/mol. The number of carbonyl (C=O) groups excluding carboxylic acids is 2. The monoisotopic (exact) mass is 624 g/mol. The summed E-state index contributed by atoms with van der Waals surface area (Å²) in [4.78, 5) is 28.1. The fourth-order valence-electron chi connectivity index (χ4n) is 5.47. The summed E-state index contributed by atoms with van der Waals surface area (Å²) >= 11 is 0. The van der Waals surface area contributed by atoms with Crippen molar-refractivity contribution >= 4 is 21.8 Å². The number of alkyl halides is 4. The van der Waals surface area contributed by atoms with Gasteiger partial charge >= 0.3 is 6.18 Å². The molecule has 2 aromatic rings. The van der Waals surface area contributed by atoms with Gasteiger partial charge < -0.3 is 15.5 Å². The SMILES string of the molecule is C=CS(=O)(=O)NC[C@@H]1CCN(C(=O)c2ccc(C(CC3(F)CCCNC3)C(=O)NCc3ccc(C(F)(F)F)cc3)cc2)C1. The number of rotatable bonds is 11. The van der Waals surface area contributed by atoms with E-state index in [9.17, 15) is 31.2 Å². The van der Waals surface area contributed by atoms with Gasteiger partial charge in [-0.2, -0.15) is 13.2 Å². The Morgan fingerprint density at radius 2 is 1.84 bits per heavy atom. The molecule has 0 spiro atoms. The van der Waals surface area contributed by atoms with Gasteiger partial charge in [-0.3, -0.25) is 9.59 Å². The quantitative estimate of drug-likeness (QED) is 0.327. The van der Waals surface area contributed by atoms with Gasteiger partial charge in [0.2, 0.25) is 15.9 Å². The Balaban J connectivity index is 1.44. The highest BCUT2D eigenvalue weighted by molar-refractivity contribution is 7.92. The zero-order chi connectivity index (χ0) is 31.3. The lowest BCUT2D eigenvalue weighted by Crippen LogP contribution is -2.45. The van der Waals surface area contributed by atoms with Crippen LogP contribution in [0.15, 0.2) is 60.5 Å². The van der Waals surface area contributed by atoms with Gasteiger partial charge in [0.1, 0.15) is 5.67 Å². The summed E-state index contributed by atoms with van der Waals surface area (Å²) in [5, 5.41) is 6.61. The molecule has 4 rings (SSSR count). The lowest BCUT2D eigenvalue weighted by atomic mass is 9.82. The maximum atomic E-state index is 15.7. The van der Waals surface area contributed by atoms with Crippen molar-refractivity contribution in [1.82, 2.24) is 20.3 Å². The maximum Gasteiger partial charge on any atom is 0.416 e. The second-order valence-electron chi connectivity index (χ2n) is 11.2. The molecule has 2 amide bonds. The number of hydrogen-bond acceptors (Lipinski definition) is 5. The molecule has 0 saturated carbocycles. The predicted octanol–water partition coefficient (Wildman–Crippen LogP) is 4.11. The third kappa shape index (κ3) is 8.87. The van der Waals surface area contributed by atoms with Gasteiger partial charge in [0.15, 0.2) is 0 Å². The molecule has 2 unspecified atom stereocenters. The van der Waals surface area contributed by atoms with E-state index in [1.54, 1.807) is 29.2 Å². The van der Waals surface area contributed by atoms with Crippen molar-refractivity contribution in [2.45, 2.75) is 50.0 Å². The highest BCUT2D eigenvalue weighted by Crippen LogP contribution is 2.34. The summed E-state index contributed by atoms with van der Waals surface area (Å²) in [6, 6.07) is 10.9. The smallest absolute Gasteiger partial charge is 0.351 e. The number of carbonyl (C=O) groups is 2. The van der Waals surface area contributed by atoms with Gasteiger partial charge in [-0.1, -0.05) is 30.8 Å². The van der Waals surface area contributed by atoms with E-state index in [0.29, 0.717) is 55.6 Å². The van der Waals surface area contributed by atoms with E-state index in [0.717, 1.165) is 17.5 Å². The van der Waals surface area contributed by atoms with Crippen molar-refractivity contribution < 1.29 is 35.6 Å². The molecule has 8 nitrogen and oxygen atoms in total. The third-order valence-electron chi connectivity index (χ3n) is 7.98. The molecule has 2 heterocycles. The topological polar surface area (TPSA) is 108 Å². The Bertz CT molecular complexity index is 1390. The van der Waals surface area contributed by atoms with Crippen molar-refractivity contribution in [2.75, 3.05) is 32.7 Å². The van der Waals surface area contributed by atoms with Crippen molar-refractivity contribution in [3.8, 4) is 0 Å². The summed E-state index contributed by atoms with van der Waals surface area (Å²) in [6.45, 7) is 5.07. The van der Waals surface area contributed by atoms with E-state index >= 15 is 4.39 Å². The van der Waals surface area contributed by atoms with Gasteiger partial charge in [0, 0.05) is 43.7 Å². The first kappa shape index (κ1) is 32.6. The number of benzene rings is 2. The van der Waals surface area contributed by atoms with Crippen molar-refractivity contribution in [3.05, 3.63) is 82.8 Å². The molecule has 13 heteroatoms. The molecule has 0 aliphatic carbocycles. The normalized spacial score (nSPS) is 21.8. The van der Waals surface area contributed by atoms with E-state index < -0.39 is 39.3 Å². The minimum absolute atomic E-state index is 0.0271. The number of amides is 2. The Kier molecular flexibility index (Phi) is 10.3. The van der Waals surface area contributed by atoms with Gasteiger partial charge in [0.25, 0.3) is 5.91 Å². The summed E-state index contributed by atoms with van der Waals surface area (Å²) in [6.07, 6.45) is -3.02. The first-order valence-electron chi connectivity index (χ1n) is 14.1. The molecule has 234 valence electrons. The summed E-state index contributed by atoms with van der Waals surface area (Å²) in [5.41, 5.74) is -1.05. The first-order chi connectivity index (χ1) is 20.3. The van der Waals surface area contributed by atoms with Crippen LogP contribution in [0.25, 0.3) is 0 Å². The Morgan fingerprint density at radius 3 is 2.44 bits per heavy atom. The largest absolute Gasteiger partial charge is 0.416 e. The summed E-state index contributed by atoms with van der Waals surface area (Å²) in [7, 11) is -3.55. The standard InChI is InChI=1S/C30H36F4N4O4S/c1-2-43(41,42)37-18-22-12-15-38(19-22)28(40)24-8-6-23(7-9-24)26(16-29(31)13-3-14-35-20-29)27(39)36-17-21-4-10-25(11-5-21)30(32,33)34/h2,4-11,22,26,35,37H,1,3,12-20H2,(H,36,39)/t22-,26?,29?/m0/s1. The molecule has 43 heavy (non-hydrogen) atoms. The number of sulfonamides is 1. The maximum absolute atomic E-state index is 15.7. The van der Waals surface area contributed by atoms with Crippen molar-refractivity contribution in [3.63, 3.8) is 0 Å². The summed E-state index contributed by atoms with van der Waals surface area (Å²) in [5.74, 6) is -1.63. The molecule has 0 radical (unpaired) electrons. The molecule has 3 N–H and O–H groups in total. The summed E-state index contributed by atoms with van der Waals surface area (Å²) < 4.78 is 80.1. The molecule has 2 aliphatic rings. The molecule has 3 atom stereocenters. The van der Waals surface area contributed by atoms with Crippen LogP contribution >= 0.6 is 0 Å². The second kappa shape index (κ2) is 13.6. The zero-order valence-corrected chi connectivity index (χ0v) is 24.4. The van der Waals surface area contributed by atoms with E-state index in [1.165, 1.54) is 12.1 Å². The predicted molar refractivity (Wildman–Crippen MR) is 154 cm³/mol. The number of piperidine rings is 1. The van der Waals surface area contributed by atoms with Crippen LogP contribution in [-0.4, -0.2) is 63.5 Å². The molecule has 2 saturated heterocycles. The number of hydrogen-bond donors (Lipinski definition) is 3. The van der Waals surface area contributed by atoms with Gasteiger partial charge in [-0.15, -0.1) is 0 Å². The number of nitrogens with one attached hydrogen (secondary N) is 3. The van der Waals surface area contributed by atoms with Gasteiger partial charge in [-0.25, -0.2) is 17.5 Å². The Labute approximate surface area is 249 Å². The highest BCUT2D eigenvalue weighted by Gasteiger charge is 2.38. The van der Waals surface area contributed by atoms with Crippen molar-refractivity contribution in [1.29, 1.82) is 0 Å². The lowest BCUT2D eigenvalue weighted by Gasteiger charge is -2.33. The molecule has 2 aromatic carbocycles. The fourth-order valence-corrected chi connectivity index (χ4v) is 6.06. The molecule has 0 aromatic heterocycles. The zero-order valence-electron chi connectivity index (χ0n) is 23.6. The fraction of sp³-hybridized carbons (Fsp3) is 0.467. The van der Waals surface area contributed by atoms with Crippen LogP contribution < -0.4 is 15.4 Å². The molecule has 2 fully saturated rings. The molecular formula is C30H36F4N4O4S. The van der Waals surface area contributed by atoms with Crippen LogP contribution in [0.4, 0.5) is 17.6 Å². The number of likely N-dealkylation sites (tertiary alicyclic amines) is 1. The lowest BCUT2D eigenvalue weighted by molar-refractivity contribution is -0.137. The second-order valence-corrected chi connectivity index (χ2v) is 12.9. The van der Waals surface area contributed by atoms with Gasteiger partial charge in [-0.05, 0) is 73.5 Å². The van der Waals surface area contributed by atoms with E-state index in [2.05, 4.69) is 21.9 Å². The van der Waals surface area contributed by atoms with Crippen molar-refractivity contribution in [2.24, 2.45) is 5.92 Å². The molecular weight excluding hydrogens is 588 g/mol. The van der Waals surface area contributed by atoms with Crippen LogP contribution in [-0.2, 0) is 27.5 Å². The average Bonchev–Trinajstić information content (AvgIpc) is 3.47. The number of nitrogens with zero attached hydrogens (tertiary/aromatic N) is 1. The highest BCUT2D eigenvalue weighted by atomic mass is 32.2. The molecule has 0 bridgehead atoms. The van der Waals surface area contributed by atoms with Crippen LogP contribution in [0.3, 0.4) is 0 Å². The van der Waals surface area contributed by atoms with Crippen LogP contribution in [0, 0.1) is 5.92 Å². The Morgan fingerprint density at radius 1 is 1.14 bits per heavy atom. The van der Waals surface area contributed by atoms with E-state index in [1.807, 2.05) is 0 Å². The Hall–Kier alpha value is -3.29. The van der Waals surface area contributed by atoms with E-state index in [4.69, 9.17) is 0 Å². The van der Waals surface area contributed by atoms with E-state index in [-0.39, 0.29) is 37.9 Å². The minimum atomic E-state index is -4.47. The first-order valence-corrected chi connectivity index (χ1v) is 15.7. The van der Waals surface area contributed by atoms with Crippen LogP contribution in [0.1, 0.15) is 58.6 Å². The van der Waals surface area contributed by atoms with Crippen LogP contribution in [0.5, 0.6) is 0 Å². The van der Waals surface area contributed by atoms with Gasteiger partial charge in [0.05, 0.1) is 11.5 Å². The molecule has 2 aliphatic heterocycles. The number of halogens is 4. The third-order valence-corrected chi connectivity index (χ3v) is 8.99. The van der Waals surface area contributed by atoms with Crippen LogP contribution in [0.2, 0.25) is 0 Å². The minimum Gasteiger partial charge on any atom is -0.351 e.